The number of nitrogens with one attached hydrogen (secondary N) is 2. The average molecular weight is 518 g/mol. The Morgan fingerprint density at radius 1 is 1.06 bits per heavy atom. The maximum atomic E-state index is 12.8. The molecule has 2 aromatic rings. The van der Waals surface area contributed by atoms with Crippen LogP contribution >= 0.6 is 12.2 Å². The summed E-state index contributed by atoms with van der Waals surface area (Å²) in [6.07, 6.45) is 0.419. The zero-order valence-corrected chi connectivity index (χ0v) is 24.2. The molecule has 34 heavy (non-hydrogen) atoms. The van der Waals surface area contributed by atoms with Crippen LogP contribution in [0.2, 0.25) is 0 Å². The van der Waals surface area contributed by atoms with Gasteiger partial charge in [0, 0.05) is 6.54 Å². The maximum absolute atomic E-state index is 12.8. The van der Waals surface area contributed by atoms with Crippen LogP contribution in [0.4, 0.5) is 0 Å². The number of rotatable bonds is 9. The molecule has 1 amide bonds. The van der Waals surface area contributed by atoms with Gasteiger partial charge in [-0.2, -0.15) is 0 Å². The van der Waals surface area contributed by atoms with E-state index in [1.807, 2.05) is 12.1 Å². The number of methoxy groups -OCH3 is 2. The first-order valence-electron chi connectivity index (χ1n) is 10.3. The fourth-order valence-electron chi connectivity index (χ4n) is 3.13. The molecule has 2 rings (SSSR count). The number of benzene rings is 2. The van der Waals surface area contributed by atoms with Gasteiger partial charge in [-0.15, -0.1) is 0 Å². The van der Waals surface area contributed by atoms with Gasteiger partial charge < -0.3 is 27.3 Å². The van der Waals surface area contributed by atoms with Gasteiger partial charge in [0.2, 0.25) is 0 Å². The second kappa shape index (κ2) is 12.7. The molecule has 0 saturated carbocycles. The van der Waals surface area contributed by atoms with Gasteiger partial charge in [0.05, 0.1) is 19.8 Å². The summed E-state index contributed by atoms with van der Waals surface area (Å²) < 4.78 is 35.9. The molecular formula is C23H32N3NaO5S2. The number of ether oxygens (including phenoxy) is 2. The number of thiocarbonyl (C=S) groups is 1. The third-order valence-corrected chi connectivity index (χ3v) is 6.67. The molecule has 0 aliphatic carbocycles. The van der Waals surface area contributed by atoms with E-state index in [1.54, 1.807) is 18.2 Å². The van der Waals surface area contributed by atoms with Crippen molar-refractivity contribution in [3.8, 4) is 11.5 Å². The normalized spacial score (nSPS) is 11.2. The molecule has 0 unspecified atom stereocenters. The topological polar surface area (TPSA) is 120 Å². The number of sulfone groups is 1. The Morgan fingerprint density at radius 2 is 1.68 bits per heavy atom. The van der Waals surface area contributed by atoms with Crippen LogP contribution < -0.4 is 55.4 Å². The molecule has 0 saturated heterocycles. The Hall–Kier alpha value is -1.85. The first kappa shape index (κ1) is 30.2. The molecule has 0 radical (unpaired) electrons. The van der Waals surface area contributed by atoms with Crippen molar-refractivity contribution in [3.05, 3.63) is 53.1 Å². The molecule has 0 bridgehead atoms. The number of carbonyl (C=O) groups is 1. The van der Waals surface area contributed by atoms with Crippen LogP contribution in [0, 0.1) is 0 Å². The molecule has 182 valence electrons. The van der Waals surface area contributed by atoms with Crippen LogP contribution in [-0.2, 0) is 21.7 Å². The van der Waals surface area contributed by atoms with E-state index in [2.05, 4.69) is 31.4 Å². The summed E-state index contributed by atoms with van der Waals surface area (Å²) in [5.41, 5.74) is 7.42. The van der Waals surface area contributed by atoms with Crippen molar-refractivity contribution in [2.45, 2.75) is 37.5 Å². The van der Waals surface area contributed by atoms with Crippen molar-refractivity contribution in [1.29, 1.82) is 0 Å². The van der Waals surface area contributed by atoms with Gasteiger partial charge in [0.25, 0.3) is 5.91 Å². The molecule has 0 aromatic heterocycles. The standard InChI is InChI=1S/C23H31N3O5S2.Na.H/c1-23(2,3)16-7-9-18(30-4)17(13-16)21(27)25-11-10-15-6-8-19(31-5)20(12-15)33(28,29)14-26-22(24)32;;/h6-9,12-13H,10-11,14H2,1-5H3,(H,25,27)(H3,24,26,32);;/q;+1;-1. The van der Waals surface area contributed by atoms with E-state index in [0.29, 0.717) is 24.3 Å². The number of amides is 1. The van der Waals surface area contributed by atoms with E-state index in [9.17, 15) is 13.2 Å². The molecule has 4 N–H and O–H groups in total. The fraction of sp³-hybridized carbons (Fsp3) is 0.391. The minimum Gasteiger partial charge on any atom is -1.00 e. The van der Waals surface area contributed by atoms with Crippen LogP contribution in [0.15, 0.2) is 41.3 Å². The molecule has 0 aliphatic rings. The second-order valence-corrected chi connectivity index (χ2v) is 10.9. The third-order valence-electron chi connectivity index (χ3n) is 5.01. The van der Waals surface area contributed by atoms with E-state index < -0.39 is 15.7 Å². The van der Waals surface area contributed by atoms with E-state index >= 15 is 0 Å². The Labute approximate surface area is 230 Å². The Balaban J connectivity index is 0.00000578. The molecule has 2 aromatic carbocycles. The molecule has 11 heteroatoms. The summed E-state index contributed by atoms with van der Waals surface area (Å²) in [6, 6.07) is 10.4. The van der Waals surface area contributed by atoms with Gasteiger partial charge in [-0.3, -0.25) is 4.79 Å². The van der Waals surface area contributed by atoms with Crippen molar-refractivity contribution in [2.24, 2.45) is 5.73 Å². The summed E-state index contributed by atoms with van der Waals surface area (Å²) >= 11 is 4.69. The van der Waals surface area contributed by atoms with Gasteiger partial charge in [-0.1, -0.05) is 32.9 Å². The first-order chi connectivity index (χ1) is 15.4. The van der Waals surface area contributed by atoms with Crippen LogP contribution in [0.25, 0.3) is 0 Å². The number of hydrogen-bond acceptors (Lipinski definition) is 6. The van der Waals surface area contributed by atoms with Gasteiger partial charge in [0.15, 0.2) is 14.9 Å². The van der Waals surface area contributed by atoms with Gasteiger partial charge in [-0.05, 0) is 59.4 Å². The predicted molar refractivity (Wildman–Crippen MR) is 134 cm³/mol. The van der Waals surface area contributed by atoms with Crippen molar-refractivity contribution in [3.63, 3.8) is 0 Å². The summed E-state index contributed by atoms with van der Waals surface area (Å²) in [5.74, 6) is 0.00265. The quantitative estimate of drug-likeness (QED) is 0.305. The summed E-state index contributed by atoms with van der Waals surface area (Å²) in [6.45, 7) is 6.52. The summed E-state index contributed by atoms with van der Waals surface area (Å²) in [4.78, 5) is 12.9. The van der Waals surface area contributed by atoms with Crippen LogP contribution in [0.1, 0.15) is 43.7 Å². The minimum atomic E-state index is -3.74. The van der Waals surface area contributed by atoms with E-state index in [0.717, 1.165) is 11.1 Å². The summed E-state index contributed by atoms with van der Waals surface area (Å²) in [7, 11) is -0.821. The van der Waals surface area contributed by atoms with E-state index in [4.69, 9.17) is 27.4 Å². The van der Waals surface area contributed by atoms with E-state index in [-0.39, 0.29) is 58.1 Å². The maximum Gasteiger partial charge on any atom is 1.00 e. The largest absolute Gasteiger partial charge is 1.00 e. The van der Waals surface area contributed by atoms with Crippen molar-refractivity contribution in [1.82, 2.24) is 10.6 Å². The molecule has 0 atom stereocenters. The zero-order valence-electron chi connectivity index (χ0n) is 21.5. The van der Waals surface area contributed by atoms with Crippen LogP contribution in [0.5, 0.6) is 11.5 Å². The zero-order chi connectivity index (χ0) is 24.8. The van der Waals surface area contributed by atoms with Crippen LogP contribution in [-0.4, -0.2) is 46.1 Å². The molecule has 0 spiro atoms. The van der Waals surface area contributed by atoms with Crippen molar-refractivity contribution < 1.29 is 53.7 Å². The number of carbonyl (C=O) groups excluding carboxylic acids is 1. The smallest absolute Gasteiger partial charge is 1.00 e. The Morgan fingerprint density at radius 3 is 2.24 bits per heavy atom. The van der Waals surface area contributed by atoms with Crippen LogP contribution in [0.3, 0.4) is 0 Å². The van der Waals surface area contributed by atoms with Crippen molar-refractivity contribution in [2.75, 3.05) is 26.6 Å². The molecule has 0 aliphatic heterocycles. The van der Waals surface area contributed by atoms with E-state index in [1.165, 1.54) is 20.3 Å². The Bertz CT molecular complexity index is 1140. The predicted octanol–water partition coefficient (Wildman–Crippen LogP) is -0.345. The second-order valence-electron chi connectivity index (χ2n) is 8.46. The number of hydrogen-bond donors (Lipinski definition) is 3. The summed E-state index contributed by atoms with van der Waals surface area (Å²) in [5, 5.41) is 5.23. The first-order valence-corrected chi connectivity index (χ1v) is 12.3. The number of nitrogens with two attached hydrogens (primary N) is 1. The third kappa shape index (κ3) is 8.13. The molecule has 8 nitrogen and oxygen atoms in total. The van der Waals surface area contributed by atoms with Crippen molar-refractivity contribution >= 4 is 33.1 Å². The molecule has 0 fully saturated rings. The fourth-order valence-corrected chi connectivity index (χ4v) is 4.58. The van der Waals surface area contributed by atoms with Gasteiger partial charge >= 0.3 is 29.6 Å². The molecule has 0 heterocycles. The van der Waals surface area contributed by atoms with Gasteiger partial charge in [0.1, 0.15) is 22.3 Å². The molecular weight excluding hydrogens is 485 g/mol. The average Bonchev–Trinajstić information content (AvgIpc) is 2.76. The monoisotopic (exact) mass is 517 g/mol. The Kier molecular flexibility index (Phi) is 11.3. The minimum absolute atomic E-state index is 0. The van der Waals surface area contributed by atoms with Gasteiger partial charge in [-0.25, -0.2) is 8.42 Å². The SMILES string of the molecule is COc1ccc(C(C)(C)C)cc1C(=O)NCCc1ccc(OC)c(S(=O)(=O)CNC(N)=S)c1.[H-].[Na+].